The summed E-state index contributed by atoms with van der Waals surface area (Å²) in [7, 11) is 0. The zero-order valence-electron chi connectivity index (χ0n) is 7.07. The quantitative estimate of drug-likeness (QED) is 0.651. The number of esters is 1. The van der Waals surface area contributed by atoms with Crippen LogP contribution in [0.3, 0.4) is 0 Å². The van der Waals surface area contributed by atoms with Crippen molar-refractivity contribution in [3.8, 4) is 0 Å². The Labute approximate surface area is 75.3 Å². The molecule has 5 heteroatoms. The van der Waals surface area contributed by atoms with E-state index in [-0.39, 0.29) is 23.6 Å². The van der Waals surface area contributed by atoms with Gasteiger partial charge in [0.25, 0.3) is 0 Å². The number of hydrogen-bond donors (Lipinski definition) is 1. The fraction of sp³-hybridized carbons (Fsp3) is 0.714. The second-order valence-corrected chi connectivity index (χ2v) is 3.41. The molecule has 0 rings (SSSR count). The minimum atomic E-state index is -0.919. The van der Waals surface area contributed by atoms with E-state index < -0.39 is 5.97 Å². The van der Waals surface area contributed by atoms with Crippen LogP contribution in [0.1, 0.15) is 13.8 Å². The molecule has 0 radical (unpaired) electrons. The van der Waals surface area contributed by atoms with E-state index in [9.17, 15) is 9.59 Å². The smallest absolute Gasteiger partial charge is 0.316 e. The zero-order chi connectivity index (χ0) is 9.56. The summed E-state index contributed by atoms with van der Waals surface area (Å²) in [6.45, 7) is 3.50. The van der Waals surface area contributed by atoms with Crippen LogP contribution in [0.5, 0.6) is 0 Å². The summed E-state index contributed by atoms with van der Waals surface area (Å²) < 4.78 is 4.78. The summed E-state index contributed by atoms with van der Waals surface area (Å²) in [5.74, 6) is -1.24. The van der Waals surface area contributed by atoms with E-state index in [2.05, 4.69) is 0 Å². The molecule has 4 nitrogen and oxygen atoms in total. The van der Waals surface area contributed by atoms with Gasteiger partial charge in [0.05, 0.1) is 17.6 Å². The highest BCUT2D eigenvalue weighted by molar-refractivity contribution is 8.00. The Morgan fingerprint density at radius 3 is 2.42 bits per heavy atom. The molecule has 0 atom stereocenters. The first kappa shape index (κ1) is 11.3. The Hall–Kier alpha value is -0.710. The molecule has 0 fully saturated rings. The molecular weight excluding hydrogens is 180 g/mol. The van der Waals surface area contributed by atoms with Crippen LogP contribution < -0.4 is 0 Å². The molecule has 0 aliphatic rings. The Morgan fingerprint density at radius 2 is 2.00 bits per heavy atom. The molecular formula is C7H12O4S. The first-order valence-corrected chi connectivity index (χ1v) is 4.67. The van der Waals surface area contributed by atoms with Gasteiger partial charge in [-0.05, 0) is 13.8 Å². The predicted octanol–water partition coefficient (Wildman–Crippen LogP) is 0.756. The fourth-order valence-corrected chi connectivity index (χ4v) is 1.03. The molecule has 0 unspecified atom stereocenters. The maximum atomic E-state index is 10.8. The monoisotopic (exact) mass is 192 g/mol. The lowest BCUT2D eigenvalue weighted by Crippen LogP contribution is -2.14. The van der Waals surface area contributed by atoms with Gasteiger partial charge >= 0.3 is 11.9 Å². The van der Waals surface area contributed by atoms with E-state index in [0.717, 1.165) is 11.8 Å². The van der Waals surface area contributed by atoms with Crippen molar-refractivity contribution in [1.82, 2.24) is 0 Å². The lowest BCUT2D eigenvalue weighted by molar-refractivity contribution is -0.144. The molecule has 0 aliphatic heterocycles. The van der Waals surface area contributed by atoms with Gasteiger partial charge in [-0.15, -0.1) is 11.8 Å². The van der Waals surface area contributed by atoms with Gasteiger partial charge in [0, 0.05) is 0 Å². The summed E-state index contributed by atoms with van der Waals surface area (Å²) in [6.07, 6.45) is -0.136. The third-order valence-corrected chi connectivity index (χ3v) is 1.70. The molecule has 70 valence electrons. The summed E-state index contributed by atoms with van der Waals surface area (Å²) >= 11 is 1.04. The van der Waals surface area contributed by atoms with Crippen molar-refractivity contribution in [1.29, 1.82) is 0 Å². The van der Waals surface area contributed by atoms with Gasteiger partial charge in [-0.3, -0.25) is 9.59 Å². The minimum Gasteiger partial charge on any atom is -0.481 e. The van der Waals surface area contributed by atoms with Crippen molar-refractivity contribution in [2.75, 3.05) is 11.5 Å². The number of carbonyl (C=O) groups is 2. The number of aliphatic carboxylic acids is 1. The predicted molar refractivity (Wildman–Crippen MR) is 46.2 cm³/mol. The van der Waals surface area contributed by atoms with Crippen molar-refractivity contribution in [3.05, 3.63) is 0 Å². The van der Waals surface area contributed by atoms with E-state index in [1.54, 1.807) is 13.8 Å². The molecule has 0 aromatic carbocycles. The van der Waals surface area contributed by atoms with Gasteiger partial charge in [0.1, 0.15) is 0 Å². The number of carbonyl (C=O) groups excluding carboxylic acids is 1. The average Bonchev–Trinajstić information content (AvgIpc) is 1.84. The highest BCUT2D eigenvalue weighted by Gasteiger charge is 2.06. The second kappa shape index (κ2) is 5.88. The SMILES string of the molecule is CC(C)OC(=O)CSCC(=O)O. The van der Waals surface area contributed by atoms with Crippen LogP contribution >= 0.6 is 11.8 Å². The lowest BCUT2D eigenvalue weighted by Gasteiger charge is -2.06. The Balaban J connectivity index is 3.38. The third kappa shape index (κ3) is 7.40. The van der Waals surface area contributed by atoms with E-state index in [1.165, 1.54) is 0 Å². The van der Waals surface area contributed by atoms with Gasteiger partial charge in [0.2, 0.25) is 0 Å². The van der Waals surface area contributed by atoms with E-state index in [4.69, 9.17) is 9.84 Å². The summed E-state index contributed by atoms with van der Waals surface area (Å²) in [5.41, 5.74) is 0. The van der Waals surface area contributed by atoms with Crippen molar-refractivity contribution in [3.63, 3.8) is 0 Å². The van der Waals surface area contributed by atoms with Crippen LogP contribution in [0.25, 0.3) is 0 Å². The van der Waals surface area contributed by atoms with Crippen LogP contribution in [0.15, 0.2) is 0 Å². The third-order valence-electron chi connectivity index (χ3n) is 0.813. The van der Waals surface area contributed by atoms with Gasteiger partial charge in [-0.1, -0.05) is 0 Å². The molecule has 0 aromatic heterocycles. The zero-order valence-corrected chi connectivity index (χ0v) is 7.89. The first-order chi connectivity index (χ1) is 5.52. The molecule has 0 bridgehead atoms. The topological polar surface area (TPSA) is 63.6 Å². The molecule has 12 heavy (non-hydrogen) atoms. The van der Waals surface area contributed by atoms with Gasteiger partial charge in [-0.25, -0.2) is 0 Å². The molecule has 1 N–H and O–H groups in total. The Bertz CT molecular complexity index is 167. The lowest BCUT2D eigenvalue weighted by atomic mass is 10.5. The van der Waals surface area contributed by atoms with Crippen LogP contribution in [-0.4, -0.2) is 34.7 Å². The van der Waals surface area contributed by atoms with Crippen LogP contribution in [0.4, 0.5) is 0 Å². The van der Waals surface area contributed by atoms with Crippen molar-refractivity contribution in [2.24, 2.45) is 0 Å². The number of carboxylic acid groups (broad SMARTS) is 1. The van der Waals surface area contributed by atoms with Crippen LogP contribution in [0.2, 0.25) is 0 Å². The highest BCUT2D eigenvalue weighted by atomic mass is 32.2. The van der Waals surface area contributed by atoms with Gasteiger partial charge in [-0.2, -0.15) is 0 Å². The summed E-state index contributed by atoms with van der Waals surface area (Å²) in [5, 5.41) is 8.24. The number of hydrogen-bond acceptors (Lipinski definition) is 4. The van der Waals surface area contributed by atoms with Gasteiger partial charge < -0.3 is 9.84 Å². The normalized spacial score (nSPS) is 9.92. The second-order valence-electron chi connectivity index (χ2n) is 2.43. The van der Waals surface area contributed by atoms with Crippen molar-refractivity contribution >= 4 is 23.7 Å². The summed E-state index contributed by atoms with van der Waals surface area (Å²) in [4.78, 5) is 20.8. The number of ether oxygens (including phenoxy) is 1. The van der Waals surface area contributed by atoms with E-state index in [1.807, 2.05) is 0 Å². The highest BCUT2D eigenvalue weighted by Crippen LogP contribution is 2.01. The van der Waals surface area contributed by atoms with Gasteiger partial charge in [0.15, 0.2) is 0 Å². The van der Waals surface area contributed by atoms with Crippen LogP contribution in [-0.2, 0) is 14.3 Å². The van der Waals surface area contributed by atoms with E-state index >= 15 is 0 Å². The number of rotatable bonds is 5. The molecule has 0 saturated carbocycles. The number of carboxylic acids is 1. The molecule has 0 spiro atoms. The molecule has 0 aliphatic carbocycles. The molecule has 0 heterocycles. The first-order valence-electron chi connectivity index (χ1n) is 3.51. The maximum absolute atomic E-state index is 10.8. The Morgan fingerprint density at radius 1 is 1.42 bits per heavy atom. The summed E-state index contributed by atoms with van der Waals surface area (Å²) in [6, 6.07) is 0. The average molecular weight is 192 g/mol. The fourth-order valence-electron chi connectivity index (χ4n) is 0.519. The van der Waals surface area contributed by atoms with Crippen molar-refractivity contribution in [2.45, 2.75) is 20.0 Å². The number of thioether (sulfide) groups is 1. The van der Waals surface area contributed by atoms with Crippen LogP contribution in [0, 0.1) is 0 Å². The maximum Gasteiger partial charge on any atom is 0.316 e. The minimum absolute atomic E-state index is 0.0623. The Kier molecular flexibility index (Phi) is 5.53. The molecule has 0 aromatic rings. The molecule has 0 saturated heterocycles. The standard InChI is InChI=1S/C7H12O4S/c1-5(2)11-7(10)4-12-3-6(8)9/h5H,3-4H2,1-2H3,(H,8,9). The van der Waals surface area contributed by atoms with E-state index in [0.29, 0.717) is 0 Å². The molecule has 0 amide bonds. The largest absolute Gasteiger partial charge is 0.481 e. The van der Waals surface area contributed by atoms with Crippen molar-refractivity contribution < 1.29 is 19.4 Å².